The highest BCUT2D eigenvalue weighted by Crippen LogP contribution is 2.34. The maximum absolute atomic E-state index is 14.0. The van der Waals surface area contributed by atoms with E-state index in [-0.39, 0.29) is 37.2 Å². The first-order valence-corrected chi connectivity index (χ1v) is 13.2. The van der Waals surface area contributed by atoms with Crippen molar-refractivity contribution in [1.82, 2.24) is 14.5 Å². The van der Waals surface area contributed by atoms with Crippen molar-refractivity contribution in [2.45, 2.75) is 63.6 Å². The zero-order valence-electron chi connectivity index (χ0n) is 21.2. The Morgan fingerprint density at radius 3 is 2.71 bits per heavy atom. The number of nitrogens with one attached hydrogen (secondary N) is 1. The van der Waals surface area contributed by atoms with Gasteiger partial charge in [-0.05, 0) is 61.1 Å². The van der Waals surface area contributed by atoms with Gasteiger partial charge < -0.3 is 29.7 Å². The minimum atomic E-state index is -0.420. The summed E-state index contributed by atoms with van der Waals surface area (Å²) in [4.78, 5) is 19.8. The van der Waals surface area contributed by atoms with Crippen LogP contribution in [0.4, 0.5) is 10.2 Å². The Kier molecular flexibility index (Phi) is 7.99. The summed E-state index contributed by atoms with van der Waals surface area (Å²) in [6.45, 7) is 0.714. The van der Waals surface area contributed by atoms with Crippen molar-refractivity contribution in [1.29, 1.82) is 0 Å². The van der Waals surface area contributed by atoms with Gasteiger partial charge in [0.25, 0.3) is 5.91 Å². The monoisotopic (exact) mass is 542 g/mol. The topological polar surface area (TPSA) is 99.8 Å². The second-order valence-corrected chi connectivity index (χ2v) is 10.5. The van der Waals surface area contributed by atoms with E-state index in [4.69, 9.17) is 16.3 Å². The van der Waals surface area contributed by atoms with Gasteiger partial charge in [-0.3, -0.25) is 4.79 Å². The Hall–Kier alpha value is -2.98. The standard InChI is InChI=1S/C28H32ClFN4O4/c1-38-16-22-14-33-12-19(24-10-27(31-11-25(24)29)32-21-4-6-23(36)7-5-21)9-26(33)28(37)34(22)13-18-8-20(30)3-2-17(18)15-35/h2-3,8-12,21-23,35-36H,4-7,13-16H2,1H3,(H,31,32)/t21?,22-,23?/m1/s1. The SMILES string of the molecule is COC[C@H]1Cn2cc(-c3cc(NC4CCC(O)CC4)ncc3Cl)cc2C(=O)N1Cc1cc(F)ccc1CO. The molecule has 0 saturated heterocycles. The first-order chi connectivity index (χ1) is 18.4. The van der Waals surface area contributed by atoms with Crippen LogP contribution in [0.1, 0.15) is 47.3 Å². The Labute approximate surface area is 226 Å². The van der Waals surface area contributed by atoms with Crippen LogP contribution in [-0.4, -0.2) is 62.5 Å². The summed E-state index contributed by atoms with van der Waals surface area (Å²) in [5.74, 6) is 0.0709. The van der Waals surface area contributed by atoms with Gasteiger partial charge in [0.2, 0.25) is 0 Å². The summed E-state index contributed by atoms with van der Waals surface area (Å²) < 4.78 is 21.3. The molecule has 2 aliphatic rings. The molecule has 0 spiro atoms. The highest BCUT2D eigenvalue weighted by Gasteiger charge is 2.34. The van der Waals surface area contributed by atoms with Gasteiger partial charge in [-0.15, -0.1) is 0 Å². The van der Waals surface area contributed by atoms with Gasteiger partial charge in [0, 0.05) is 49.8 Å². The minimum Gasteiger partial charge on any atom is -0.393 e. The number of hydrogen-bond acceptors (Lipinski definition) is 6. The number of anilines is 1. The van der Waals surface area contributed by atoms with E-state index in [1.165, 1.54) is 18.2 Å². The minimum absolute atomic E-state index is 0.154. The second-order valence-electron chi connectivity index (χ2n) is 10.1. The maximum Gasteiger partial charge on any atom is 0.271 e. The lowest BCUT2D eigenvalue weighted by atomic mass is 9.93. The number of carbonyl (C=O) groups is 1. The van der Waals surface area contributed by atoms with E-state index in [1.807, 2.05) is 22.9 Å². The van der Waals surface area contributed by atoms with Crippen molar-refractivity contribution in [2.75, 3.05) is 19.0 Å². The molecule has 2 aromatic heterocycles. The number of benzene rings is 1. The predicted molar refractivity (Wildman–Crippen MR) is 142 cm³/mol. The van der Waals surface area contributed by atoms with Crippen LogP contribution in [0.15, 0.2) is 42.7 Å². The largest absolute Gasteiger partial charge is 0.393 e. The van der Waals surface area contributed by atoms with Crippen molar-refractivity contribution >= 4 is 23.3 Å². The van der Waals surface area contributed by atoms with Crippen LogP contribution < -0.4 is 5.32 Å². The predicted octanol–water partition coefficient (Wildman–Crippen LogP) is 4.22. The van der Waals surface area contributed by atoms with Gasteiger partial charge >= 0.3 is 0 Å². The zero-order valence-corrected chi connectivity index (χ0v) is 22.0. The van der Waals surface area contributed by atoms with Gasteiger partial charge in [0.15, 0.2) is 0 Å². The molecule has 3 N–H and O–H groups in total. The van der Waals surface area contributed by atoms with E-state index in [2.05, 4.69) is 10.3 Å². The van der Waals surface area contributed by atoms with Gasteiger partial charge in [0.05, 0.1) is 30.4 Å². The number of aliphatic hydroxyl groups is 2. The van der Waals surface area contributed by atoms with Crippen LogP contribution in [0, 0.1) is 5.82 Å². The molecule has 202 valence electrons. The van der Waals surface area contributed by atoms with Crippen molar-refractivity contribution < 1.29 is 24.1 Å². The lowest BCUT2D eigenvalue weighted by Gasteiger charge is -2.36. The van der Waals surface area contributed by atoms with E-state index in [0.717, 1.165) is 36.8 Å². The van der Waals surface area contributed by atoms with Crippen LogP contribution in [0.2, 0.25) is 5.02 Å². The molecule has 1 saturated carbocycles. The molecule has 1 atom stereocenters. The normalized spacial score (nSPS) is 21.4. The third-order valence-electron chi connectivity index (χ3n) is 7.48. The summed E-state index contributed by atoms with van der Waals surface area (Å²) >= 11 is 6.55. The number of pyridine rings is 1. The fourth-order valence-electron chi connectivity index (χ4n) is 5.41. The molecule has 5 rings (SSSR count). The van der Waals surface area contributed by atoms with Crippen LogP contribution in [0.3, 0.4) is 0 Å². The van der Waals surface area contributed by atoms with Gasteiger partial charge in [-0.1, -0.05) is 17.7 Å². The molecule has 10 heteroatoms. The number of aliphatic hydroxyl groups excluding tert-OH is 2. The van der Waals surface area contributed by atoms with Crippen LogP contribution >= 0.6 is 11.6 Å². The van der Waals surface area contributed by atoms with Crippen molar-refractivity contribution in [2.24, 2.45) is 0 Å². The molecule has 0 bridgehead atoms. The molecule has 1 aliphatic heterocycles. The molecular weight excluding hydrogens is 511 g/mol. The highest BCUT2D eigenvalue weighted by molar-refractivity contribution is 6.33. The number of hydrogen-bond donors (Lipinski definition) is 3. The van der Waals surface area contributed by atoms with Crippen molar-refractivity contribution in [3.05, 3.63) is 70.4 Å². The summed E-state index contributed by atoms with van der Waals surface area (Å²) in [6.07, 6.45) is 6.56. The van der Waals surface area contributed by atoms with Gasteiger partial charge in [-0.25, -0.2) is 9.37 Å². The third kappa shape index (κ3) is 5.56. The fraction of sp³-hybridized carbons (Fsp3) is 0.429. The summed E-state index contributed by atoms with van der Waals surface area (Å²) in [5.41, 5.74) is 3.19. The van der Waals surface area contributed by atoms with Crippen molar-refractivity contribution in [3.63, 3.8) is 0 Å². The van der Waals surface area contributed by atoms with Crippen molar-refractivity contribution in [3.8, 4) is 11.1 Å². The number of methoxy groups -OCH3 is 1. The summed E-state index contributed by atoms with van der Waals surface area (Å²) in [6, 6.07) is 7.87. The first-order valence-electron chi connectivity index (χ1n) is 12.8. The summed E-state index contributed by atoms with van der Waals surface area (Å²) in [5, 5.41) is 23.4. The number of fused-ring (bicyclic) bond motifs is 1. The highest BCUT2D eigenvalue weighted by atomic mass is 35.5. The lowest BCUT2D eigenvalue weighted by Crippen LogP contribution is -2.49. The number of rotatable bonds is 8. The van der Waals surface area contributed by atoms with Crippen LogP contribution in [0.5, 0.6) is 0 Å². The molecule has 1 aliphatic carbocycles. The average Bonchev–Trinajstić information content (AvgIpc) is 3.33. The lowest BCUT2D eigenvalue weighted by molar-refractivity contribution is 0.0386. The van der Waals surface area contributed by atoms with E-state index in [9.17, 15) is 19.4 Å². The molecule has 3 aromatic rings. The molecule has 0 radical (unpaired) electrons. The Morgan fingerprint density at radius 1 is 1.18 bits per heavy atom. The summed E-state index contributed by atoms with van der Waals surface area (Å²) in [7, 11) is 1.58. The van der Waals surface area contributed by atoms with Gasteiger partial charge in [-0.2, -0.15) is 0 Å². The fourth-order valence-corrected chi connectivity index (χ4v) is 5.62. The number of halogens is 2. The Bertz CT molecular complexity index is 1310. The molecule has 1 aromatic carbocycles. The number of ether oxygens (including phenoxy) is 1. The second kappa shape index (κ2) is 11.4. The molecule has 1 fully saturated rings. The quantitative estimate of drug-likeness (QED) is 0.394. The van der Waals surface area contributed by atoms with E-state index in [0.29, 0.717) is 40.8 Å². The Balaban J connectivity index is 1.42. The number of amides is 1. The molecule has 0 unspecified atom stereocenters. The van der Waals surface area contributed by atoms with Crippen LogP contribution in [-0.2, 0) is 24.4 Å². The Morgan fingerprint density at radius 2 is 1.97 bits per heavy atom. The molecule has 38 heavy (non-hydrogen) atoms. The average molecular weight is 543 g/mol. The first kappa shape index (κ1) is 26.6. The third-order valence-corrected chi connectivity index (χ3v) is 7.78. The molecule has 3 heterocycles. The van der Waals surface area contributed by atoms with Gasteiger partial charge in [0.1, 0.15) is 17.3 Å². The zero-order chi connectivity index (χ0) is 26.8. The number of aromatic nitrogens is 2. The van der Waals surface area contributed by atoms with E-state index in [1.54, 1.807) is 18.2 Å². The molecular formula is C28H32ClFN4O4. The van der Waals surface area contributed by atoms with E-state index < -0.39 is 5.82 Å². The number of nitrogens with zero attached hydrogens (tertiary/aromatic N) is 3. The number of carbonyl (C=O) groups excluding carboxylic acids is 1. The molecule has 8 nitrogen and oxygen atoms in total. The molecule has 1 amide bonds. The van der Waals surface area contributed by atoms with Crippen LogP contribution in [0.25, 0.3) is 11.1 Å². The van der Waals surface area contributed by atoms with E-state index >= 15 is 0 Å². The smallest absolute Gasteiger partial charge is 0.271 e. The maximum atomic E-state index is 14.0.